The Balaban J connectivity index is 1.52. The molecule has 134 valence electrons. The zero-order valence-corrected chi connectivity index (χ0v) is 15.3. The largest absolute Gasteiger partial charge is 0.326 e. The van der Waals surface area contributed by atoms with Crippen molar-refractivity contribution in [1.29, 1.82) is 0 Å². The highest BCUT2D eigenvalue weighted by Crippen LogP contribution is 2.19. The number of amides is 1. The highest BCUT2D eigenvalue weighted by atomic mass is 32.2. The summed E-state index contributed by atoms with van der Waals surface area (Å²) in [6.45, 7) is 0. The molecule has 0 bridgehead atoms. The minimum Gasteiger partial charge on any atom is -0.326 e. The van der Waals surface area contributed by atoms with E-state index >= 15 is 0 Å². The van der Waals surface area contributed by atoms with Crippen molar-refractivity contribution < 1.29 is 9.18 Å². The Labute approximate surface area is 162 Å². The number of thioether (sulfide) groups is 1. The SMILES string of the molecule is O=C(CCSc1ccc(F)cc1)Nc1cccc(C#Cc2ccccn2)c1. The Morgan fingerprint density at radius 1 is 1.04 bits per heavy atom. The van der Waals surface area contributed by atoms with Gasteiger partial charge in [0, 0.05) is 34.5 Å². The third-order valence-electron chi connectivity index (χ3n) is 3.56. The van der Waals surface area contributed by atoms with Gasteiger partial charge in [0.2, 0.25) is 5.91 Å². The van der Waals surface area contributed by atoms with Crippen LogP contribution in [0.4, 0.5) is 10.1 Å². The van der Waals surface area contributed by atoms with Gasteiger partial charge in [-0.2, -0.15) is 0 Å². The van der Waals surface area contributed by atoms with Crippen LogP contribution in [0.5, 0.6) is 0 Å². The van der Waals surface area contributed by atoms with Crippen molar-refractivity contribution in [3.63, 3.8) is 0 Å². The molecule has 0 aliphatic heterocycles. The van der Waals surface area contributed by atoms with Crippen LogP contribution in [0, 0.1) is 17.7 Å². The number of anilines is 1. The molecule has 0 spiro atoms. The van der Waals surface area contributed by atoms with E-state index in [-0.39, 0.29) is 11.7 Å². The molecule has 1 amide bonds. The maximum absolute atomic E-state index is 12.9. The minimum atomic E-state index is -0.261. The van der Waals surface area contributed by atoms with Crippen LogP contribution in [0.2, 0.25) is 0 Å². The van der Waals surface area contributed by atoms with Crippen molar-refractivity contribution in [2.45, 2.75) is 11.3 Å². The fraction of sp³-hybridized carbons (Fsp3) is 0.0909. The molecular weight excluding hydrogens is 359 g/mol. The van der Waals surface area contributed by atoms with E-state index < -0.39 is 0 Å². The van der Waals surface area contributed by atoms with Crippen LogP contribution in [0.1, 0.15) is 17.7 Å². The number of rotatable bonds is 5. The molecule has 0 fully saturated rings. The van der Waals surface area contributed by atoms with Gasteiger partial charge >= 0.3 is 0 Å². The van der Waals surface area contributed by atoms with Crippen molar-refractivity contribution in [2.24, 2.45) is 0 Å². The van der Waals surface area contributed by atoms with Crippen molar-refractivity contribution in [2.75, 3.05) is 11.1 Å². The lowest BCUT2D eigenvalue weighted by Gasteiger charge is -2.06. The summed E-state index contributed by atoms with van der Waals surface area (Å²) in [5.41, 5.74) is 2.21. The van der Waals surface area contributed by atoms with Gasteiger partial charge in [0.15, 0.2) is 0 Å². The van der Waals surface area contributed by atoms with Crippen LogP contribution >= 0.6 is 11.8 Å². The molecule has 3 nitrogen and oxygen atoms in total. The number of nitrogens with one attached hydrogen (secondary N) is 1. The summed E-state index contributed by atoms with van der Waals surface area (Å²) in [5.74, 6) is 6.33. The molecule has 0 aliphatic rings. The molecule has 1 heterocycles. The predicted octanol–water partition coefficient (Wildman–Crippen LogP) is 4.74. The summed E-state index contributed by atoms with van der Waals surface area (Å²) in [7, 11) is 0. The second kappa shape index (κ2) is 9.56. The number of hydrogen-bond acceptors (Lipinski definition) is 3. The number of nitrogens with zero attached hydrogens (tertiary/aromatic N) is 1. The van der Waals surface area contributed by atoms with E-state index in [1.165, 1.54) is 23.9 Å². The lowest BCUT2D eigenvalue weighted by molar-refractivity contribution is -0.115. The first-order valence-electron chi connectivity index (χ1n) is 8.40. The summed E-state index contributed by atoms with van der Waals surface area (Å²) in [5, 5.41) is 2.88. The monoisotopic (exact) mass is 376 g/mol. The van der Waals surface area contributed by atoms with Crippen molar-refractivity contribution in [3.8, 4) is 11.8 Å². The summed E-state index contributed by atoms with van der Waals surface area (Å²) in [4.78, 5) is 17.2. The number of benzene rings is 2. The normalized spacial score (nSPS) is 9.96. The smallest absolute Gasteiger partial charge is 0.225 e. The van der Waals surface area contributed by atoms with Gasteiger partial charge in [0.05, 0.1) is 0 Å². The van der Waals surface area contributed by atoms with Gasteiger partial charge in [-0.15, -0.1) is 11.8 Å². The van der Waals surface area contributed by atoms with Gasteiger partial charge in [-0.3, -0.25) is 4.79 Å². The molecule has 3 aromatic rings. The fourth-order valence-corrected chi connectivity index (χ4v) is 3.12. The average Bonchev–Trinajstić information content (AvgIpc) is 2.69. The van der Waals surface area contributed by atoms with E-state index in [2.05, 4.69) is 22.1 Å². The summed E-state index contributed by atoms with van der Waals surface area (Å²) < 4.78 is 12.9. The maximum Gasteiger partial charge on any atom is 0.225 e. The highest BCUT2D eigenvalue weighted by molar-refractivity contribution is 7.99. The zero-order chi connectivity index (χ0) is 18.9. The molecule has 0 saturated carbocycles. The Morgan fingerprint density at radius 3 is 2.67 bits per heavy atom. The molecule has 2 aromatic carbocycles. The van der Waals surface area contributed by atoms with Crippen LogP contribution in [-0.4, -0.2) is 16.6 Å². The van der Waals surface area contributed by atoms with Crippen LogP contribution < -0.4 is 5.32 Å². The molecule has 3 rings (SSSR count). The fourth-order valence-electron chi connectivity index (χ4n) is 2.26. The van der Waals surface area contributed by atoms with Gasteiger partial charge in [-0.1, -0.05) is 18.1 Å². The number of aromatic nitrogens is 1. The number of hydrogen-bond donors (Lipinski definition) is 1. The second-order valence-corrected chi connectivity index (χ2v) is 6.81. The van der Waals surface area contributed by atoms with Crippen molar-refractivity contribution in [1.82, 2.24) is 4.98 Å². The van der Waals surface area contributed by atoms with Crippen LogP contribution in [0.25, 0.3) is 0 Å². The molecule has 1 aromatic heterocycles. The van der Waals surface area contributed by atoms with Crippen molar-refractivity contribution in [3.05, 3.63) is 90.0 Å². The van der Waals surface area contributed by atoms with Gasteiger partial charge < -0.3 is 5.32 Å². The Kier molecular flexibility index (Phi) is 6.61. The molecular formula is C22H17FN2OS. The van der Waals surface area contributed by atoms with Gasteiger partial charge in [-0.05, 0) is 60.5 Å². The topological polar surface area (TPSA) is 42.0 Å². The van der Waals surface area contributed by atoms with E-state index in [0.29, 0.717) is 23.6 Å². The minimum absolute atomic E-state index is 0.0700. The van der Waals surface area contributed by atoms with E-state index in [0.717, 1.165) is 10.5 Å². The second-order valence-electron chi connectivity index (χ2n) is 5.65. The van der Waals surface area contributed by atoms with Crippen LogP contribution in [0.15, 0.2) is 77.8 Å². The highest BCUT2D eigenvalue weighted by Gasteiger charge is 2.04. The predicted molar refractivity (Wildman–Crippen MR) is 107 cm³/mol. The van der Waals surface area contributed by atoms with Crippen LogP contribution in [-0.2, 0) is 4.79 Å². The van der Waals surface area contributed by atoms with Gasteiger partial charge in [0.1, 0.15) is 11.5 Å². The Bertz CT molecular complexity index is 963. The van der Waals surface area contributed by atoms with Gasteiger partial charge in [0.25, 0.3) is 0 Å². The molecule has 0 aliphatic carbocycles. The number of carbonyl (C=O) groups is 1. The first kappa shape index (κ1) is 18.7. The van der Waals surface area contributed by atoms with E-state index in [1.807, 2.05) is 42.5 Å². The number of carbonyl (C=O) groups excluding carboxylic acids is 1. The zero-order valence-electron chi connectivity index (χ0n) is 14.5. The molecule has 5 heteroatoms. The summed E-state index contributed by atoms with van der Waals surface area (Å²) in [6, 6.07) is 19.2. The summed E-state index contributed by atoms with van der Waals surface area (Å²) in [6.07, 6.45) is 2.07. The first-order chi connectivity index (χ1) is 13.2. The lowest BCUT2D eigenvalue weighted by Crippen LogP contribution is -2.12. The van der Waals surface area contributed by atoms with E-state index in [1.54, 1.807) is 18.3 Å². The number of pyridine rings is 1. The molecule has 0 saturated heterocycles. The first-order valence-corrected chi connectivity index (χ1v) is 9.39. The van der Waals surface area contributed by atoms with Gasteiger partial charge in [-0.25, -0.2) is 9.37 Å². The molecule has 0 radical (unpaired) electrons. The Morgan fingerprint density at radius 2 is 1.89 bits per heavy atom. The third kappa shape index (κ3) is 6.28. The van der Waals surface area contributed by atoms with Crippen molar-refractivity contribution >= 4 is 23.4 Å². The van der Waals surface area contributed by atoms with E-state index in [9.17, 15) is 9.18 Å². The molecule has 1 N–H and O–H groups in total. The van der Waals surface area contributed by atoms with Crippen LogP contribution in [0.3, 0.4) is 0 Å². The standard InChI is InChI=1S/C22H17FN2OS/c23-18-8-11-21(12-9-18)27-15-13-22(26)25-20-6-3-4-17(16-20)7-10-19-5-1-2-14-24-19/h1-6,8-9,11-12,14,16H,13,15H2,(H,25,26). The van der Waals surface area contributed by atoms with E-state index in [4.69, 9.17) is 0 Å². The lowest BCUT2D eigenvalue weighted by atomic mass is 10.2. The molecule has 0 unspecified atom stereocenters. The maximum atomic E-state index is 12.9. The molecule has 27 heavy (non-hydrogen) atoms. The number of halogens is 1. The average molecular weight is 376 g/mol. The third-order valence-corrected chi connectivity index (χ3v) is 4.57. The quantitative estimate of drug-likeness (QED) is 0.516. The summed E-state index contributed by atoms with van der Waals surface area (Å²) >= 11 is 1.52. The Hall–Kier alpha value is -3.10. The molecule has 0 atom stereocenters.